The van der Waals surface area contributed by atoms with Crippen molar-refractivity contribution in [1.82, 2.24) is 0 Å². The van der Waals surface area contributed by atoms with Crippen LogP contribution in [0.4, 0.5) is 0 Å². The predicted octanol–water partition coefficient (Wildman–Crippen LogP) is -0.0681. The number of hydrogen-bond donors (Lipinski definition) is 1. The Bertz CT molecular complexity index is 188. The number of carboxylic acids is 1. The fourth-order valence-corrected chi connectivity index (χ4v) is 0.462. The minimum absolute atomic E-state index is 0. The van der Waals surface area contributed by atoms with Crippen LogP contribution in [-0.4, -0.2) is 75.0 Å². The number of ether oxygens (including phenoxy) is 1. The molecule has 0 radical (unpaired) electrons. The van der Waals surface area contributed by atoms with Crippen LogP contribution in [0.2, 0.25) is 0 Å². The molecule has 0 aliphatic carbocycles. The Labute approximate surface area is 113 Å². The van der Waals surface area contributed by atoms with Crippen molar-refractivity contribution in [2.75, 3.05) is 6.61 Å². The summed E-state index contributed by atoms with van der Waals surface area (Å²) in [6.45, 7) is 5.09. The molecule has 0 aromatic carbocycles. The van der Waals surface area contributed by atoms with Gasteiger partial charge in [-0.3, -0.25) is 4.79 Å². The van der Waals surface area contributed by atoms with Gasteiger partial charge in [0.1, 0.15) is 0 Å². The third kappa shape index (κ3) is 6.99. The zero-order chi connectivity index (χ0) is 8.85. The normalized spacial score (nSPS) is 8.08. The van der Waals surface area contributed by atoms with E-state index in [1.165, 1.54) is 0 Å². The fraction of sp³-hybridized carbons (Fsp3) is 0.429. The van der Waals surface area contributed by atoms with Gasteiger partial charge in [-0.25, -0.2) is 4.79 Å². The third-order valence-corrected chi connectivity index (χ3v) is 0.966. The molecule has 5 heteroatoms. The molecule has 64 valence electrons. The van der Waals surface area contributed by atoms with E-state index in [4.69, 9.17) is 5.11 Å². The molecular formula is C7H11KO4. The molecule has 0 unspecified atom stereocenters. The van der Waals surface area contributed by atoms with Crippen LogP contribution in [0.1, 0.15) is 13.3 Å². The first kappa shape index (κ1) is 14.8. The van der Waals surface area contributed by atoms with Crippen molar-refractivity contribution in [3.63, 3.8) is 0 Å². The number of carbonyl (C=O) groups is 2. The molecule has 0 rings (SSSR count). The minimum atomic E-state index is -1.17. The van der Waals surface area contributed by atoms with Crippen LogP contribution in [-0.2, 0) is 14.3 Å². The number of carboxylic acid groups (broad SMARTS) is 1. The Morgan fingerprint density at radius 1 is 1.50 bits per heavy atom. The summed E-state index contributed by atoms with van der Waals surface area (Å²) in [5.74, 6) is -1.72. The fourth-order valence-electron chi connectivity index (χ4n) is 0.462. The number of hydrogen-bond acceptors (Lipinski definition) is 3. The molecule has 0 aromatic heterocycles. The van der Waals surface area contributed by atoms with E-state index < -0.39 is 11.9 Å². The molecule has 0 amide bonds. The molecule has 0 fully saturated rings. The van der Waals surface area contributed by atoms with E-state index in [2.05, 4.69) is 11.3 Å². The molecule has 12 heavy (non-hydrogen) atoms. The topological polar surface area (TPSA) is 63.6 Å². The molecule has 4 nitrogen and oxygen atoms in total. The molecule has 0 saturated carbocycles. The van der Waals surface area contributed by atoms with Crippen molar-refractivity contribution in [3.05, 3.63) is 12.2 Å². The van der Waals surface area contributed by atoms with Crippen LogP contribution in [0.15, 0.2) is 12.2 Å². The van der Waals surface area contributed by atoms with Crippen LogP contribution in [0.25, 0.3) is 0 Å². The van der Waals surface area contributed by atoms with Gasteiger partial charge >= 0.3 is 63.3 Å². The molecule has 0 aliphatic rings. The second-order valence-electron chi connectivity index (χ2n) is 1.89. The van der Waals surface area contributed by atoms with Gasteiger partial charge in [0.15, 0.2) is 0 Å². The van der Waals surface area contributed by atoms with Crippen LogP contribution in [0.5, 0.6) is 0 Å². The van der Waals surface area contributed by atoms with Gasteiger partial charge in [0.2, 0.25) is 0 Å². The molecule has 0 heterocycles. The molecular weight excluding hydrogens is 187 g/mol. The number of carbonyl (C=O) groups excluding carboxylic acids is 1. The summed E-state index contributed by atoms with van der Waals surface area (Å²) in [7, 11) is 0. The van der Waals surface area contributed by atoms with E-state index in [9.17, 15) is 9.59 Å². The third-order valence-electron chi connectivity index (χ3n) is 0.966. The Kier molecular flexibility index (Phi) is 9.81. The number of esters is 1. The van der Waals surface area contributed by atoms with Crippen molar-refractivity contribution in [3.8, 4) is 0 Å². The summed E-state index contributed by atoms with van der Waals surface area (Å²) >= 11 is 0. The zero-order valence-corrected chi connectivity index (χ0v) is 6.29. The molecule has 0 aromatic rings. The Hall–Kier alpha value is 0.316. The standard InChI is InChI=1S/C7H10O4.K.H/c1-3-11-6(8)4-5(2)7(9)10;;/h2-4H2,1H3,(H,9,10);;. The molecule has 0 spiro atoms. The van der Waals surface area contributed by atoms with E-state index in [1.807, 2.05) is 0 Å². The van der Waals surface area contributed by atoms with Crippen LogP contribution < -0.4 is 0 Å². The summed E-state index contributed by atoms with van der Waals surface area (Å²) < 4.78 is 4.50. The predicted molar refractivity (Wildman–Crippen MR) is 45.2 cm³/mol. The van der Waals surface area contributed by atoms with Gasteiger partial charge in [-0.15, -0.1) is 0 Å². The maximum absolute atomic E-state index is 10.6. The molecule has 1 N–H and O–H groups in total. The summed E-state index contributed by atoms with van der Waals surface area (Å²) in [6.07, 6.45) is -0.247. The Balaban J connectivity index is 0. The second-order valence-corrected chi connectivity index (χ2v) is 1.89. The molecule has 0 saturated heterocycles. The number of rotatable bonds is 4. The van der Waals surface area contributed by atoms with Crippen LogP contribution in [0.3, 0.4) is 0 Å². The average Bonchev–Trinajstić information content (AvgIpc) is 1.87. The summed E-state index contributed by atoms with van der Waals surface area (Å²) in [5.41, 5.74) is -0.150. The average molecular weight is 198 g/mol. The summed E-state index contributed by atoms with van der Waals surface area (Å²) in [5, 5.41) is 8.29. The van der Waals surface area contributed by atoms with Crippen LogP contribution in [0, 0.1) is 0 Å². The van der Waals surface area contributed by atoms with Crippen molar-refractivity contribution in [2.45, 2.75) is 13.3 Å². The zero-order valence-electron chi connectivity index (χ0n) is 6.29. The van der Waals surface area contributed by atoms with E-state index in [0.29, 0.717) is 0 Å². The first-order valence-corrected chi connectivity index (χ1v) is 3.14. The first-order chi connectivity index (χ1) is 5.07. The summed E-state index contributed by atoms with van der Waals surface area (Å²) in [4.78, 5) is 20.7. The molecule has 0 atom stereocenters. The van der Waals surface area contributed by atoms with Crippen molar-refractivity contribution in [1.29, 1.82) is 0 Å². The maximum atomic E-state index is 10.6. The molecule has 0 aliphatic heterocycles. The monoisotopic (exact) mass is 198 g/mol. The quantitative estimate of drug-likeness (QED) is 0.390. The second kappa shape index (κ2) is 7.94. The SMILES string of the molecule is C=C(CC(=O)OCC)C(=O)O.[KH]. The van der Waals surface area contributed by atoms with E-state index in [1.54, 1.807) is 6.92 Å². The van der Waals surface area contributed by atoms with E-state index >= 15 is 0 Å². The number of aliphatic carboxylic acids is 1. The first-order valence-electron chi connectivity index (χ1n) is 3.14. The van der Waals surface area contributed by atoms with E-state index in [-0.39, 0.29) is 70.0 Å². The van der Waals surface area contributed by atoms with E-state index in [0.717, 1.165) is 0 Å². The molecule has 0 bridgehead atoms. The van der Waals surface area contributed by atoms with Gasteiger partial charge in [0.25, 0.3) is 0 Å². The van der Waals surface area contributed by atoms with Gasteiger partial charge < -0.3 is 9.84 Å². The van der Waals surface area contributed by atoms with Gasteiger partial charge in [-0.2, -0.15) is 0 Å². The van der Waals surface area contributed by atoms with Gasteiger partial charge in [0, 0.05) is 5.57 Å². The van der Waals surface area contributed by atoms with Gasteiger partial charge in [-0.1, -0.05) is 6.58 Å². The Morgan fingerprint density at radius 3 is 2.33 bits per heavy atom. The van der Waals surface area contributed by atoms with Crippen molar-refractivity contribution in [2.24, 2.45) is 0 Å². The van der Waals surface area contributed by atoms with Crippen LogP contribution >= 0.6 is 0 Å². The van der Waals surface area contributed by atoms with Gasteiger partial charge in [0.05, 0.1) is 13.0 Å². The van der Waals surface area contributed by atoms with Crippen molar-refractivity contribution >= 4 is 63.3 Å². The Morgan fingerprint density at radius 2 is 2.00 bits per heavy atom. The van der Waals surface area contributed by atoms with Gasteiger partial charge in [-0.05, 0) is 6.92 Å². The van der Waals surface area contributed by atoms with Crippen molar-refractivity contribution < 1.29 is 19.4 Å². The summed E-state index contributed by atoms with van der Waals surface area (Å²) in [6, 6.07) is 0.